The highest BCUT2D eigenvalue weighted by molar-refractivity contribution is 5.91. The molecule has 9 heteroatoms. The average Bonchev–Trinajstić information content (AvgIpc) is 3.54. The summed E-state index contributed by atoms with van der Waals surface area (Å²) >= 11 is 0. The van der Waals surface area contributed by atoms with Crippen LogP contribution in [0, 0.1) is 0 Å². The van der Waals surface area contributed by atoms with Crippen molar-refractivity contribution in [3.63, 3.8) is 0 Å². The van der Waals surface area contributed by atoms with Crippen LogP contribution >= 0.6 is 0 Å². The van der Waals surface area contributed by atoms with Gasteiger partial charge in [0.2, 0.25) is 0 Å². The molecule has 1 aromatic heterocycles. The third-order valence-electron chi connectivity index (χ3n) is 14.0. The number of aromatic nitrogens is 3. The Labute approximate surface area is 452 Å². The molecular weight excluding hydrogens is 959 g/mol. The van der Waals surface area contributed by atoms with Crippen molar-refractivity contribution >= 4 is 68.2 Å². The van der Waals surface area contributed by atoms with Crippen LogP contribution in [-0.4, -0.2) is 15.0 Å². The summed E-state index contributed by atoms with van der Waals surface area (Å²) in [5.74, 6) is 4.96. The molecule has 2 aliphatic rings. The fourth-order valence-corrected chi connectivity index (χ4v) is 10.4. The molecule has 78 heavy (non-hydrogen) atoms. The Hall–Kier alpha value is -10.8. The van der Waals surface area contributed by atoms with Gasteiger partial charge < -0.3 is 29.1 Å². The fourth-order valence-electron chi connectivity index (χ4n) is 10.4. The van der Waals surface area contributed by atoms with Crippen LogP contribution in [0.2, 0.25) is 0 Å². The molecule has 0 saturated carbocycles. The Morgan fingerprint density at radius 3 is 0.885 bits per heavy atom. The molecule has 0 atom stereocenters. The number of para-hydroxylation sites is 10. The topological polar surface area (TPSA) is 70.1 Å². The molecule has 9 nitrogen and oxygen atoms in total. The fraction of sp³-hybridized carbons (Fsp3) is 0. The summed E-state index contributed by atoms with van der Waals surface area (Å²) in [6.45, 7) is 0. The number of ether oxygens (including phenoxy) is 2. The van der Waals surface area contributed by atoms with E-state index < -0.39 is 0 Å². The summed E-state index contributed by atoms with van der Waals surface area (Å²) in [5.41, 5.74) is 14.5. The summed E-state index contributed by atoms with van der Waals surface area (Å²) in [7, 11) is 0. The van der Waals surface area contributed by atoms with Gasteiger partial charge >= 0.3 is 0 Å². The lowest BCUT2D eigenvalue weighted by atomic mass is 10.1. The Balaban J connectivity index is 0.815. The molecular formula is C69H47N7O2. The normalized spacial score (nSPS) is 12.0. The average molecular weight is 1010 g/mol. The first-order chi connectivity index (χ1) is 38.7. The second kappa shape index (κ2) is 19.8. The minimum atomic E-state index is 0.571. The first kappa shape index (κ1) is 45.8. The predicted molar refractivity (Wildman–Crippen MR) is 315 cm³/mol. The minimum absolute atomic E-state index is 0.571. The van der Waals surface area contributed by atoms with E-state index in [0.717, 1.165) is 108 Å². The van der Waals surface area contributed by atoms with E-state index in [0.29, 0.717) is 17.5 Å². The van der Waals surface area contributed by atoms with Crippen LogP contribution in [-0.2, 0) is 0 Å². The zero-order chi connectivity index (χ0) is 51.8. The van der Waals surface area contributed by atoms with Crippen LogP contribution in [0.5, 0.6) is 23.0 Å². The van der Waals surface area contributed by atoms with Crippen LogP contribution in [0.1, 0.15) is 0 Å². The van der Waals surface area contributed by atoms with E-state index in [1.165, 1.54) is 0 Å². The van der Waals surface area contributed by atoms with Gasteiger partial charge in [0.25, 0.3) is 0 Å². The van der Waals surface area contributed by atoms with Crippen molar-refractivity contribution < 1.29 is 9.47 Å². The number of nitrogens with zero attached hydrogens (tertiary/aromatic N) is 7. The van der Waals surface area contributed by atoms with E-state index >= 15 is 0 Å². The van der Waals surface area contributed by atoms with Gasteiger partial charge in [0.15, 0.2) is 40.5 Å². The molecule has 3 heterocycles. The SMILES string of the molecule is c1ccc(-c2nc(-c3ccc(N(c4ccccc4)c4cccc(N5c6ccccc6Oc6ccccc65)c4)cc3)nc(-c3ccc(N(c4ccccc4)c4cccc(N5c6ccccc6Oc6ccccc65)c4)cc3)n2)cc1. The molecule has 0 aliphatic carbocycles. The quantitative estimate of drug-likeness (QED) is 0.126. The summed E-state index contributed by atoms with van der Waals surface area (Å²) < 4.78 is 12.7. The monoisotopic (exact) mass is 1010 g/mol. The van der Waals surface area contributed by atoms with E-state index in [4.69, 9.17) is 24.4 Å². The van der Waals surface area contributed by atoms with E-state index in [9.17, 15) is 0 Å². The molecule has 0 bridgehead atoms. The molecule has 0 amide bonds. The molecule has 0 fully saturated rings. The third kappa shape index (κ3) is 8.57. The van der Waals surface area contributed by atoms with Crippen molar-refractivity contribution in [2.75, 3.05) is 19.6 Å². The maximum absolute atomic E-state index is 6.36. The van der Waals surface area contributed by atoms with Crippen LogP contribution in [0.25, 0.3) is 34.2 Å². The number of hydrogen-bond acceptors (Lipinski definition) is 9. The van der Waals surface area contributed by atoms with E-state index in [2.05, 4.69) is 189 Å². The molecule has 370 valence electrons. The van der Waals surface area contributed by atoms with E-state index in [1.807, 2.05) is 115 Å². The molecule has 0 saturated heterocycles. The molecule has 0 radical (unpaired) electrons. The smallest absolute Gasteiger partial charge is 0.164 e. The zero-order valence-electron chi connectivity index (χ0n) is 42.1. The first-order valence-electron chi connectivity index (χ1n) is 25.9. The Bertz CT molecular complexity index is 3790. The maximum Gasteiger partial charge on any atom is 0.164 e. The van der Waals surface area contributed by atoms with Crippen LogP contribution in [0.3, 0.4) is 0 Å². The number of rotatable bonds is 11. The second-order valence-corrected chi connectivity index (χ2v) is 18.9. The molecule has 0 N–H and O–H groups in total. The molecule has 14 rings (SSSR count). The van der Waals surface area contributed by atoms with Gasteiger partial charge in [0.05, 0.1) is 22.7 Å². The van der Waals surface area contributed by atoms with E-state index in [1.54, 1.807) is 0 Å². The maximum atomic E-state index is 6.36. The number of anilines is 12. The number of fused-ring (bicyclic) bond motifs is 4. The Morgan fingerprint density at radius 2 is 0.526 bits per heavy atom. The lowest BCUT2D eigenvalue weighted by Crippen LogP contribution is -2.16. The highest BCUT2D eigenvalue weighted by Gasteiger charge is 2.28. The number of benzene rings is 11. The van der Waals surface area contributed by atoms with Crippen molar-refractivity contribution in [3.8, 4) is 57.2 Å². The minimum Gasteiger partial charge on any atom is -0.453 e. The van der Waals surface area contributed by atoms with Crippen molar-refractivity contribution in [3.05, 3.63) is 285 Å². The molecule has 11 aromatic carbocycles. The van der Waals surface area contributed by atoms with Crippen molar-refractivity contribution in [2.45, 2.75) is 0 Å². The lowest BCUT2D eigenvalue weighted by Gasteiger charge is -2.33. The summed E-state index contributed by atoms with van der Waals surface area (Å²) in [6.07, 6.45) is 0. The standard InChI is InChI=1S/C69H47N7O2/c1-4-20-48(21-5-1)67-70-68(49-38-42-53(43-39-49)73(51-22-6-2-7-23-51)55-26-18-28-57(46-55)75-59-30-10-14-34-63(59)77-64-35-15-11-31-60(64)75)72-69(71-67)50-40-44-54(45-41-50)74(52-24-8-3-9-25-52)56-27-19-29-58(47-56)76-61-32-12-16-36-65(61)78-66-37-17-13-33-62(66)76/h1-47H. The predicted octanol–water partition coefficient (Wildman–Crippen LogP) is 19.0. The summed E-state index contributed by atoms with van der Waals surface area (Å²) in [5, 5.41) is 0. The Morgan fingerprint density at radius 1 is 0.244 bits per heavy atom. The first-order valence-corrected chi connectivity index (χ1v) is 25.9. The highest BCUT2D eigenvalue weighted by Crippen LogP contribution is 2.53. The van der Waals surface area contributed by atoms with Gasteiger partial charge in [-0.2, -0.15) is 0 Å². The zero-order valence-corrected chi connectivity index (χ0v) is 42.1. The van der Waals surface area contributed by atoms with Crippen LogP contribution < -0.4 is 29.1 Å². The largest absolute Gasteiger partial charge is 0.453 e. The molecule has 2 aliphatic heterocycles. The summed E-state index contributed by atoms with van der Waals surface area (Å²) in [4.78, 5) is 24.5. The van der Waals surface area contributed by atoms with Gasteiger partial charge in [-0.15, -0.1) is 0 Å². The van der Waals surface area contributed by atoms with Gasteiger partial charge in [0, 0.05) is 62.2 Å². The van der Waals surface area contributed by atoms with Crippen molar-refractivity contribution in [2.24, 2.45) is 0 Å². The van der Waals surface area contributed by atoms with Crippen molar-refractivity contribution in [1.29, 1.82) is 0 Å². The van der Waals surface area contributed by atoms with Crippen LogP contribution in [0.15, 0.2) is 285 Å². The number of hydrogen-bond donors (Lipinski definition) is 0. The van der Waals surface area contributed by atoms with Crippen LogP contribution in [0.4, 0.5) is 68.2 Å². The molecule has 12 aromatic rings. The van der Waals surface area contributed by atoms with E-state index in [-0.39, 0.29) is 0 Å². The lowest BCUT2D eigenvalue weighted by molar-refractivity contribution is 0.477. The van der Waals surface area contributed by atoms with Crippen molar-refractivity contribution in [1.82, 2.24) is 15.0 Å². The van der Waals surface area contributed by atoms with Gasteiger partial charge in [-0.1, -0.05) is 127 Å². The van der Waals surface area contributed by atoms with Gasteiger partial charge in [-0.3, -0.25) is 0 Å². The second-order valence-electron chi connectivity index (χ2n) is 18.9. The highest BCUT2D eigenvalue weighted by atomic mass is 16.5. The van der Waals surface area contributed by atoms with Gasteiger partial charge in [0.1, 0.15) is 0 Å². The molecule has 0 unspecified atom stereocenters. The molecule has 0 spiro atoms. The summed E-state index contributed by atoms with van der Waals surface area (Å²) in [6, 6.07) is 97.9. The Kier molecular flexibility index (Phi) is 11.6. The van der Waals surface area contributed by atoms with Gasteiger partial charge in [-0.25, -0.2) is 15.0 Å². The van der Waals surface area contributed by atoms with Gasteiger partial charge in [-0.05, 0) is 158 Å². The third-order valence-corrected chi connectivity index (χ3v) is 14.0.